The maximum Gasteiger partial charge on any atom is 0.339 e. The first-order valence-electron chi connectivity index (χ1n) is 8.68. The molecule has 2 heterocycles. The van der Waals surface area contributed by atoms with E-state index in [1.807, 2.05) is 62.4 Å². The summed E-state index contributed by atoms with van der Waals surface area (Å²) in [7, 11) is 0. The van der Waals surface area contributed by atoms with Crippen LogP contribution in [-0.2, 0) is 4.74 Å². The van der Waals surface area contributed by atoms with Crippen molar-refractivity contribution in [3.8, 4) is 0 Å². The minimum absolute atomic E-state index is 0.228. The van der Waals surface area contributed by atoms with Crippen LogP contribution in [0.1, 0.15) is 32.1 Å². The number of ether oxygens (including phenoxy) is 1. The molecular formula is C22H18N2O3. The van der Waals surface area contributed by atoms with E-state index in [9.17, 15) is 9.59 Å². The summed E-state index contributed by atoms with van der Waals surface area (Å²) in [6.45, 7) is 3.36. The molecule has 0 bridgehead atoms. The molecule has 0 amide bonds. The quantitative estimate of drug-likeness (QED) is 0.434. The summed E-state index contributed by atoms with van der Waals surface area (Å²) in [5.41, 5.74) is 4.08. The van der Waals surface area contributed by atoms with Gasteiger partial charge in [0.25, 0.3) is 0 Å². The summed E-state index contributed by atoms with van der Waals surface area (Å²) in [5, 5.41) is 1.55. The Balaban J connectivity index is 1.59. The first kappa shape index (κ1) is 17.0. The third-order valence-corrected chi connectivity index (χ3v) is 4.57. The van der Waals surface area contributed by atoms with Gasteiger partial charge in [-0.3, -0.25) is 9.78 Å². The highest BCUT2D eigenvalue weighted by Crippen LogP contribution is 2.23. The fraction of sp³-hybridized carbons (Fsp3) is 0.136. The molecule has 0 aliphatic carbocycles. The van der Waals surface area contributed by atoms with Crippen LogP contribution in [0.3, 0.4) is 0 Å². The number of fused-ring (bicyclic) bond motifs is 2. The van der Waals surface area contributed by atoms with Gasteiger partial charge < -0.3 is 9.72 Å². The summed E-state index contributed by atoms with van der Waals surface area (Å²) < 4.78 is 5.35. The molecule has 2 aromatic heterocycles. The van der Waals surface area contributed by atoms with E-state index in [0.717, 1.165) is 27.8 Å². The molecule has 1 N–H and O–H groups in total. The fourth-order valence-electron chi connectivity index (χ4n) is 3.39. The van der Waals surface area contributed by atoms with Gasteiger partial charge in [-0.15, -0.1) is 0 Å². The number of Topliss-reactive ketones (excluding diaryl/α,β-unsaturated/α-hetero) is 1. The molecule has 5 heteroatoms. The van der Waals surface area contributed by atoms with Crippen LogP contribution in [0.4, 0.5) is 0 Å². The zero-order chi connectivity index (χ0) is 19.0. The van der Waals surface area contributed by atoms with E-state index in [1.165, 1.54) is 0 Å². The molecule has 4 rings (SSSR count). The second-order valence-corrected chi connectivity index (χ2v) is 6.50. The van der Waals surface area contributed by atoms with Gasteiger partial charge in [-0.1, -0.05) is 36.4 Å². The highest BCUT2D eigenvalue weighted by molar-refractivity contribution is 6.11. The molecule has 134 valence electrons. The fourth-order valence-corrected chi connectivity index (χ4v) is 3.39. The van der Waals surface area contributed by atoms with E-state index in [1.54, 1.807) is 6.07 Å². The topological polar surface area (TPSA) is 72.1 Å². The van der Waals surface area contributed by atoms with Crippen molar-refractivity contribution in [1.82, 2.24) is 9.97 Å². The monoisotopic (exact) mass is 358 g/mol. The van der Waals surface area contributed by atoms with Crippen molar-refractivity contribution >= 4 is 33.6 Å². The predicted molar refractivity (Wildman–Crippen MR) is 104 cm³/mol. The Morgan fingerprint density at radius 1 is 1.00 bits per heavy atom. The molecule has 27 heavy (non-hydrogen) atoms. The van der Waals surface area contributed by atoms with Crippen LogP contribution in [0.5, 0.6) is 0 Å². The summed E-state index contributed by atoms with van der Waals surface area (Å²) >= 11 is 0. The maximum absolute atomic E-state index is 12.7. The van der Waals surface area contributed by atoms with Crippen LogP contribution < -0.4 is 0 Å². The first-order valence-corrected chi connectivity index (χ1v) is 8.68. The number of pyridine rings is 1. The first-order chi connectivity index (χ1) is 13.0. The van der Waals surface area contributed by atoms with Gasteiger partial charge in [-0.25, -0.2) is 4.79 Å². The van der Waals surface area contributed by atoms with Crippen LogP contribution in [0, 0.1) is 13.8 Å². The average Bonchev–Trinajstić information content (AvgIpc) is 3.00. The number of nitrogens with one attached hydrogen (secondary N) is 1. The van der Waals surface area contributed by atoms with E-state index in [2.05, 4.69) is 9.97 Å². The largest absolute Gasteiger partial charge is 0.454 e. The summed E-state index contributed by atoms with van der Waals surface area (Å²) in [6, 6.07) is 16.7. The maximum atomic E-state index is 12.7. The molecule has 0 unspecified atom stereocenters. The van der Waals surface area contributed by atoms with Gasteiger partial charge in [0.15, 0.2) is 6.61 Å². The second kappa shape index (κ2) is 6.68. The summed E-state index contributed by atoms with van der Waals surface area (Å²) in [5.74, 6) is -0.754. The van der Waals surface area contributed by atoms with E-state index < -0.39 is 5.97 Å². The number of aromatic amines is 1. The molecule has 0 saturated heterocycles. The standard InChI is InChI=1S/C22H18N2O3/c1-13-11-17(15-7-3-5-9-18(15)23-13)22(26)27-12-20(25)21-14(2)24-19-10-6-4-8-16(19)21/h3-11,24H,12H2,1-2H3. The van der Waals surface area contributed by atoms with Crippen LogP contribution in [0.2, 0.25) is 0 Å². The molecular weight excluding hydrogens is 340 g/mol. The number of benzene rings is 2. The summed E-state index contributed by atoms with van der Waals surface area (Å²) in [6.07, 6.45) is 0. The van der Waals surface area contributed by atoms with E-state index in [0.29, 0.717) is 16.5 Å². The molecule has 5 nitrogen and oxygen atoms in total. The lowest BCUT2D eigenvalue weighted by Gasteiger charge is -2.08. The smallest absolute Gasteiger partial charge is 0.339 e. The number of hydrogen-bond donors (Lipinski definition) is 1. The summed E-state index contributed by atoms with van der Waals surface area (Å²) in [4.78, 5) is 32.9. The number of H-pyrrole nitrogens is 1. The van der Waals surface area contributed by atoms with Gasteiger partial charge in [0, 0.05) is 33.2 Å². The van der Waals surface area contributed by atoms with E-state index >= 15 is 0 Å². The lowest BCUT2D eigenvalue weighted by Crippen LogP contribution is -2.15. The van der Waals surface area contributed by atoms with E-state index in [4.69, 9.17) is 4.74 Å². The number of para-hydroxylation sites is 2. The van der Waals surface area contributed by atoms with Crippen LogP contribution in [-0.4, -0.2) is 28.3 Å². The number of carbonyl (C=O) groups is 2. The van der Waals surface area contributed by atoms with Crippen molar-refractivity contribution in [2.24, 2.45) is 0 Å². The predicted octanol–water partition coefficient (Wildman–Crippen LogP) is 4.37. The zero-order valence-electron chi connectivity index (χ0n) is 15.1. The van der Waals surface area contributed by atoms with Crippen LogP contribution in [0.15, 0.2) is 54.6 Å². The Morgan fingerprint density at radius 3 is 2.52 bits per heavy atom. The van der Waals surface area contributed by atoms with Crippen molar-refractivity contribution in [2.45, 2.75) is 13.8 Å². The lowest BCUT2D eigenvalue weighted by atomic mass is 10.1. The van der Waals surface area contributed by atoms with Crippen molar-refractivity contribution in [3.05, 3.63) is 77.1 Å². The Hall–Kier alpha value is -3.47. The number of aryl methyl sites for hydroxylation is 2. The Morgan fingerprint density at radius 2 is 1.70 bits per heavy atom. The number of carbonyl (C=O) groups excluding carboxylic acids is 2. The highest BCUT2D eigenvalue weighted by Gasteiger charge is 2.19. The number of aromatic nitrogens is 2. The number of ketones is 1. The Kier molecular flexibility index (Phi) is 4.20. The van der Waals surface area contributed by atoms with Gasteiger partial charge in [0.2, 0.25) is 5.78 Å². The van der Waals surface area contributed by atoms with Gasteiger partial charge in [-0.05, 0) is 32.0 Å². The number of hydrogen-bond acceptors (Lipinski definition) is 4. The molecule has 0 radical (unpaired) electrons. The Bertz CT molecular complexity index is 1190. The number of esters is 1. The van der Waals surface area contributed by atoms with Crippen molar-refractivity contribution < 1.29 is 14.3 Å². The van der Waals surface area contributed by atoms with Crippen molar-refractivity contribution in [3.63, 3.8) is 0 Å². The molecule has 0 atom stereocenters. The number of rotatable bonds is 4. The highest BCUT2D eigenvalue weighted by atomic mass is 16.5. The molecule has 4 aromatic rings. The van der Waals surface area contributed by atoms with Crippen LogP contribution in [0.25, 0.3) is 21.8 Å². The molecule has 0 fully saturated rings. The molecule has 0 aliphatic rings. The van der Waals surface area contributed by atoms with E-state index in [-0.39, 0.29) is 12.4 Å². The van der Waals surface area contributed by atoms with Gasteiger partial charge >= 0.3 is 5.97 Å². The third-order valence-electron chi connectivity index (χ3n) is 4.57. The lowest BCUT2D eigenvalue weighted by molar-refractivity contribution is 0.0477. The minimum atomic E-state index is -0.525. The number of nitrogens with zero attached hydrogens (tertiary/aromatic N) is 1. The molecule has 0 spiro atoms. The van der Waals surface area contributed by atoms with Crippen molar-refractivity contribution in [2.75, 3.05) is 6.61 Å². The average molecular weight is 358 g/mol. The molecule has 0 aliphatic heterocycles. The minimum Gasteiger partial charge on any atom is -0.454 e. The second-order valence-electron chi connectivity index (χ2n) is 6.50. The SMILES string of the molecule is Cc1cc(C(=O)OCC(=O)c2c(C)[nH]c3ccccc23)c2ccccc2n1. The third kappa shape index (κ3) is 3.08. The zero-order valence-corrected chi connectivity index (χ0v) is 15.1. The van der Waals surface area contributed by atoms with Crippen LogP contribution >= 0.6 is 0 Å². The molecule has 0 saturated carbocycles. The van der Waals surface area contributed by atoms with Gasteiger partial charge in [0.1, 0.15) is 0 Å². The Labute approximate surface area is 156 Å². The normalized spacial score (nSPS) is 11.0. The van der Waals surface area contributed by atoms with Gasteiger partial charge in [0.05, 0.1) is 11.1 Å². The van der Waals surface area contributed by atoms with Crippen molar-refractivity contribution in [1.29, 1.82) is 0 Å². The van der Waals surface area contributed by atoms with Gasteiger partial charge in [-0.2, -0.15) is 0 Å². The molecule has 2 aromatic carbocycles.